The Morgan fingerprint density at radius 3 is 3.03 bits per heavy atom. The van der Waals surface area contributed by atoms with E-state index >= 15 is 0 Å². The van der Waals surface area contributed by atoms with E-state index in [0.717, 1.165) is 17.3 Å². The number of rotatable bonds is 8. The highest BCUT2D eigenvalue weighted by Crippen LogP contribution is 2.36. The highest BCUT2D eigenvalue weighted by molar-refractivity contribution is 8.00. The minimum absolute atomic E-state index is 0.0504. The van der Waals surface area contributed by atoms with Crippen LogP contribution in [0.25, 0.3) is 0 Å². The number of carbonyl (C=O) groups excluding carboxylic acids is 1. The van der Waals surface area contributed by atoms with E-state index < -0.39 is 30.5 Å². The van der Waals surface area contributed by atoms with Crippen molar-refractivity contribution in [2.75, 3.05) is 18.9 Å². The Bertz CT molecular complexity index is 895. The standard InChI is InChI=1S/C17H20FN5O5S/c18-10-3-1-9-2-4-13(12(9)5-10)23(27)16(19)15-17(22-28-21-15)29-8-14(26)20-6-11(25)7-24/h1,3,5,11,13,19,24-25,27H,2,4,6-8H2,(H,20,26)/t11?,13-/m0/s1. The van der Waals surface area contributed by atoms with Crippen molar-refractivity contribution in [1.29, 1.82) is 5.41 Å². The van der Waals surface area contributed by atoms with E-state index in [1.807, 2.05) is 0 Å². The van der Waals surface area contributed by atoms with Gasteiger partial charge in [0.05, 0.1) is 24.5 Å². The van der Waals surface area contributed by atoms with Gasteiger partial charge in [-0.1, -0.05) is 17.8 Å². The first-order valence-corrected chi connectivity index (χ1v) is 9.75. The van der Waals surface area contributed by atoms with Crippen LogP contribution in [0.2, 0.25) is 0 Å². The van der Waals surface area contributed by atoms with Crippen molar-refractivity contribution < 1.29 is 29.2 Å². The number of thioether (sulfide) groups is 1. The zero-order valence-corrected chi connectivity index (χ0v) is 16.0. The van der Waals surface area contributed by atoms with Gasteiger partial charge in [0.2, 0.25) is 5.91 Å². The highest BCUT2D eigenvalue weighted by Gasteiger charge is 2.32. The SMILES string of the molecule is N=C(c1nonc1SCC(=O)NCC(O)CO)N(O)[C@H]1CCc2ccc(F)cc21. The van der Waals surface area contributed by atoms with E-state index in [-0.39, 0.29) is 28.9 Å². The molecule has 1 amide bonds. The second-order valence-electron chi connectivity index (χ2n) is 6.44. The maximum atomic E-state index is 13.6. The van der Waals surface area contributed by atoms with Crippen LogP contribution >= 0.6 is 11.8 Å². The maximum Gasteiger partial charge on any atom is 0.230 e. The van der Waals surface area contributed by atoms with Crippen molar-refractivity contribution in [3.8, 4) is 0 Å². The molecule has 1 heterocycles. The Kier molecular flexibility index (Phi) is 6.79. The molecule has 12 heteroatoms. The fourth-order valence-corrected chi connectivity index (χ4v) is 3.70. The number of fused-ring (bicyclic) bond motifs is 1. The van der Waals surface area contributed by atoms with E-state index in [2.05, 4.69) is 20.3 Å². The average Bonchev–Trinajstić information content (AvgIpc) is 3.35. The fourth-order valence-electron chi connectivity index (χ4n) is 2.97. The molecule has 0 radical (unpaired) electrons. The summed E-state index contributed by atoms with van der Waals surface area (Å²) in [6, 6.07) is 3.75. The van der Waals surface area contributed by atoms with Crippen molar-refractivity contribution in [3.05, 3.63) is 40.8 Å². The van der Waals surface area contributed by atoms with Crippen molar-refractivity contribution >= 4 is 23.5 Å². The molecule has 0 fully saturated rings. The quantitative estimate of drug-likeness (QED) is 0.176. The van der Waals surface area contributed by atoms with Gasteiger partial charge in [-0.05, 0) is 46.4 Å². The summed E-state index contributed by atoms with van der Waals surface area (Å²) in [4.78, 5) is 11.8. The van der Waals surface area contributed by atoms with E-state index in [0.29, 0.717) is 23.5 Å². The summed E-state index contributed by atoms with van der Waals surface area (Å²) in [6.45, 7) is -0.569. The number of aromatic nitrogens is 2. The van der Waals surface area contributed by atoms with E-state index in [4.69, 9.17) is 10.5 Å². The molecule has 0 saturated heterocycles. The summed E-state index contributed by atoms with van der Waals surface area (Å²) in [6.07, 6.45) is 0.0907. The summed E-state index contributed by atoms with van der Waals surface area (Å²) in [5.74, 6) is -1.33. The predicted octanol–water partition coefficient (Wildman–Crippen LogP) is 0.474. The third-order valence-corrected chi connectivity index (χ3v) is 5.39. The van der Waals surface area contributed by atoms with Crippen LogP contribution in [0.1, 0.15) is 29.3 Å². The molecule has 0 bridgehead atoms. The lowest BCUT2D eigenvalue weighted by atomic mass is 10.1. The first kappa shape index (κ1) is 21.2. The average molecular weight is 425 g/mol. The van der Waals surface area contributed by atoms with Crippen LogP contribution < -0.4 is 5.32 Å². The molecule has 0 spiro atoms. The number of nitrogens with zero attached hydrogens (tertiary/aromatic N) is 3. The summed E-state index contributed by atoms with van der Waals surface area (Å²) in [5.41, 5.74) is 1.45. The van der Waals surface area contributed by atoms with E-state index in [9.17, 15) is 19.5 Å². The molecule has 1 aromatic heterocycles. The van der Waals surface area contributed by atoms with Crippen molar-refractivity contribution in [2.45, 2.75) is 30.0 Å². The second-order valence-corrected chi connectivity index (χ2v) is 7.40. The van der Waals surface area contributed by atoms with Gasteiger partial charge in [0.25, 0.3) is 0 Å². The molecule has 5 N–H and O–H groups in total. The number of aryl methyl sites for hydroxylation is 1. The molecular weight excluding hydrogens is 405 g/mol. The summed E-state index contributed by atoms with van der Waals surface area (Å²) in [7, 11) is 0. The molecule has 2 aromatic rings. The molecule has 156 valence electrons. The molecule has 2 atom stereocenters. The molecule has 10 nitrogen and oxygen atoms in total. The number of aliphatic hydroxyl groups excluding tert-OH is 2. The van der Waals surface area contributed by atoms with Gasteiger partial charge in [0.1, 0.15) is 5.82 Å². The molecule has 1 unspecified atom stereocenters. The number of aliphatic hydroxyl groups is 2. The monoisotopic (exact) mass is 425 g/mol. The molecule has 3 rings (SSSR count). The molecule has 1 aliphatic rings. The first-order chi connectivity index (χ1) is 13.9. The van der Waals surface area contributed by atoms with Gasteiger partial charge in [-0.25, -0.2) is 14.1 Å². The van der Waals surface area contributed by atoms with Gasteiger partial charge >= 0.3 is 0 Å². The Morgan fingerprint density at radius 1 is 1.48 bits per heavy atom. The number of hydrogen-bond acceptors (Lipinski definition) is 9. The largest absolute Gasteiger partial charge is 0.394 e. The summed E-state index contributed by atoms with van der Waals surface area (Å²) >= 11 is 0.935. The zero-order valence-electron chi connectivity index (χ0n) is 15.2. The molecular formula is C17H20FN5O5S. The fraction of sp³-hybridized carbons (Fsp3) is 0.412. The van der Waals surface area contributed by atoms with Gasteiger partial charge in [-0.2, -0.15) is 0 Å². The molecule has 1 aliphatic carbocycles. The van der Waals surface area contributed by atoms with Gasteiger partial charge in [0, 0.05) is 6.54 Å². The van der Waals surface area contributed by atoms with Crippen LogP contribution in [0, 0.1) is 11.2 Å². The van der Waals surface area contributed by atoms with Gasteiger partial charge in [-0.3, -0.25) is 15.4 Å². The number of hydroxylamine groups is 2. The Labute approximate surface area is 169 Å². The third kappa shape index (κ3) is 4.90. The molecule has 0 aliphatic heterocycles. The van der Waals surface area contributed by atoms with Crippen LogP contribution in [-0.4, -0.2) is 67.5 Å². The lowest BCUT2D eigenvalue weighted by Crippen LogP contribution is -2.35. The van der Waals surface area contributed by atoms with Crippen molar-refractivity contribution in [3.63, 3.8) is 0 Å². The van der Waals surface area contributed by atoms with Crippen molar-refractivity contribution in [1.82, 2.24) is 20.7 Å². The summed E-state index contributed by atoms with van der Waals surface area (Å²) in [5, 5.41) is 47.3. The van der Waals surface area contributed by atoms with E-state index in [1.54, 1.807) is 6.07 Å². The first-order valence-electron chi connectivity index (χ1n) is 8.77. The van der Waals surface area contributed by atoms with Gasteiger partial charge in [0.15, 0.2) is 16.6 Å². The molecule has 0 saturated carbocycles. The smallest absolute Gasteiger partial charge is 0.230 e. The lowest BCUT2D eigenvalue weighted by Gasteiger charge is -2.24. The Hall–Kier alpha value is -2.54. The van der Waals surface area contributed by atoms with E-state index in [1.165, 1.54) is 12.1 Å². The number of hydrogen-bond donors (Lipinski definition) is 5. The molecule has 1 aromatic carbocycles. The van der Waals surface area contributed by atoms with Gasteiger partial charge < -0.3 is 15.5 Å². The van der Waals surface area contributed by atoms with Crippen LogP contribution in [0.15, 0.2) is 27.9 Å². The number of amidine groups is 1. The number of benzene rings is 1. The Balaban J connectivity index is 1.64. The van der Waals surface area contributed by atoms with Crippen LogP contribution in [0.3, 0.4) is 0 Å². The van der Waals surface area contributed by atoms with Crippen LogP contribution in [-0.2, 0) is 11.2 Å². The zero-order chi connectivity index (χ0) is 21.0. The minimum atomic E-state index is -1.05. The number of nitrogens with one attached hydrogen (secondary N) is 2. The summed E-state index contributed by atoms with van der Waals surface area (Å²) < 4.78 is 18.2. The van der Waals surface area contributed by atoms with Crippen LogP contribution in [0.4, 0.5) is 4.39 Å². The second kappa shape index (κ2) is 9.31. The number of halogens is 1. The minimum Gasteiger partial charge on any atom is -0.394 e. The normalized spacial score (nSPS) is 16.3. The Morgan fingerprint density at radius 2 is 2.28 bits per heavy atom. The molecule has 29 heavy (non-hydrogen) atoms. The topological polar surface area (TPSA) is 156 Å². The van der Waals surface area contributed by atoms with Gasteiger partial charge in [-0.15, -0.1) is 0 Å². The predicted molar refractivity (Wildman–Crippen MR) is 99.0 cm³/mol. The number of amides is 1. The number of carbonyl (C=O) groups is 1. The maximum absolute atomic E-state index is 13.6. The lowest BCUT2D eigenvalue weighted by molar-refractivity contribution is -0.119. The third-order valence-electron chi connectivity index (χ3n) is 4.45. The van der Waals surface area contributed by atoms with Crippen molar-refractivity contribution in [2.24, 2.45) is 0 Å². The highest BCUT2D eigenvalue weighted by atomic mass is 32.2. The van der Waals surface area contributed by atoms with Crippen LogP contribution in [0.5, 0.6) is 0 Å².